The van der Waals surface area contributed by atoms with Crippen LogP contribution in [0.4, 0.5) is 5.95 Å². The van der Waals surface area contributed by atoms with E-state index >= 15 is 0 Å². The third-order valence-electron chi connectivity index (χ3n) is 4.53. The van der Waals surface area contributed by atoms with Crippen molar-refractivity contribution in [2.24, 2.45) is 0 Å². The average molecular weight is 320 g/mol. The summed E-state index contributed by atoms with van der Waals surface area (Å²) in [5.74, 6) is -0.748. The van der Waals surface area contributed by atoms with E-state index in [4.69, 9.17) is 4.74 Å². The standard InChI is InChI=1S/C15H20N4O4/c1-15(13(21)22)3-2-4-19(15)12(20)11-9-16-14(17-10-11)18-5-7-23-8-6-18/h9-10H,2-8H2,1H3,(H,21,22)/t15-/m0/s1. The second-order valence-corrected chi connectivity index (χ2v) is 6.01. The van der Waals surface area contributed by atoms with Gasteiger partial charge in [0.2, 0.25) is 5.95 Å². The third kappa shape index (κ3) is 2.86. The fourth-order valence-corrected chi connectivity index (χ4v) is 3.03. The van der Waals surface area contributed by atoms with Crippen LogP contribution in [0.5, 0.6) is 0 Å². The van der Waals surface area contributed by atoms with Crippen LogP contribution in [0.3, 0.4) is 0 Å². The summed E-state index contributed by atoms with van der Waals surface area (Å²) in [5, 5.41) is 9.41. The van der Waals surface area contributed by atoms with E-state index in [1.165, 1.54) is 17.3 Å². The fraction of sp³-hybridized carbons (Fsp3) is 0.600. The van der Waals surface area contributed by atoms with E-state index in [2.05, 4.69) is 9.97 Å². The maximum atomic E-state index is 12.6. The van der Waals surface area contributed by atoms with Crippen molar-refractivity contribution in [3.05, 3.63) is 18.0 Å². The molecule has 1 aromatic rings. The van der Waals surface area contributed by atoms with E-state index in [0.29, 0.717) is 44.1 Å². The predicted octanol–water partition coefficient (Wildman–Crippen LogP) is 0.393. The first-order chi connectivity index (χ1) is 11.0. The van der Waals surface area contributed by atoms with Gasteiger partial charge in [-0.2, -0.15) is 0 Å². The number of morpholine rings is 1. The van der Waals surface area contributed by atoms with Crippen molar-refractivity contribution in [1.29, 1.82) is 0 Å². The Morgan fingerprint density at radius 1 is 1.22 bits per heavy atom. The van der Waals surface area contributed by atoms with Crippen molar-refractivity contribution in [3.63, 3.8) is 0 Å². The number of carboxylic acid groups (broad SMARTS) is 1. The molecule has 124 valence electrons. The molecule has 0 bridgehead atoms. The Bertz CT molecular complexity index is 600. The molecule has 0 radical (unpaired) electrons. The third-order valence-corrected chi connectivity index (χ3v) is 4.53. The first-order valence-corrected chi connectivity index (χ1v) is 7.72. The van der Waals surface area contributed by atoms with Crippen molar-refractivity contribution in [2.45, 2.75) is 25.3 Å². The van der Waals surface area contributed by atoms with Crippen LogP contribution in [0.1, 0.15) is 30.1 Å². The number of hydrogen-bond donors (Lipinski definition) is 1. The van der Waals surface area contributed by atoms with Gasteiger partial charge in [-0.1, -0.05) is 0 Å². The summed E-state index contributed by atoms with van der Waals surface area (Å²) in [6.45, 7) is 4.73. The van der Waals surface area contributed by atoms with Gasteiger partial charge in [0.1, 0.15) is 5.54 Å². The van der Waals surface area contributed by atoms with Gasteiger partial charge in [-0.3, -0.25) is 4.79 Å². The van der Waals surface area contributed by atoms with Crippen molar-refractivity contribution in [3.8, 4) is 0 Å². The molecule has 0 aliphatic carbocycles. The molecule has 1 amide bonds. The molecule has 2 fully saturated rings. The number of carboxylic acids is 1. The molecule has 1 atom stereocenters. The summed E-state index contributed by atoms with van der Waals surface area (Å²) in [6.07, 6.45) is 4.09. The van der Waals surface area contributed by atoms with Crippen LogP contribution >= 0.6 is 0 Å². The number of nitrogens with zero attached hydrogens (tertiary/aromatic N) is 4. The zero-order valence-corrected chi connectivity index (χ0v) is 13.1. The molecule has 23 heavy (non-hydrogen) atoms. The van der Waals surface area contributed by atoms with Gasteiger partial charge in [0.15, 0.2) is 0 Å². The van der Waals surface area contributed by atoms with Crippen molar-refractivity contribution in [1.82, 2.24) is 14.9 Å². The molecule has 0 aromatic carbocycles. The summed E-state index contributed by atoms with van der Waals surface area (Å²) in [7, 11) is 0. The smallest absolute Gasteiger partial charge is 0.329 e. The van der Waals surface area contributed by atoms with E-state index in [-0.39, 0.29) is 5.91 Å². The van der Waals surface area contributed by atoms with E-state index < -0.39 is 11.5 Å². The van der Waals surface area contributed by atoms with Crippen LogP contribution in [0.2, 0.25) is 0 Å². The zero-order chi connectivity index (χ0) is 16.4. The molecule has 2 saturated heterocycles. The maximum Gasteiger partial charge on any atom is 0.329 e. The van der Waals surface area contributed by atoms with Crippen molar-refractivity contribution in [2.75, 3.05) is 37.7 Å². The van der Waals surface area contributed by atoms with E-state index in [1.807, 2.05) is 4.90 Å². The lowest BCUT2D eigenvalue weighted by atomic mass is 9.99. The Balaban J connectivity index is 1.76. The maximum absolute atomic E-state index is 12.6. The van der Waals surface area contributed by atoms with Crippen molar-refractivity contribution >= 4 is 17.8 Å². The molecule has 2 aliphatic heterocycles. The van der Waals surface area contributed by atoms with Crippen molar-refractivity contribution < 1.29 is 19.4 Å². The Morgan fingerprint density at radius 2 is 1.87 bits per heavy atom. The molecule has 0 spiro atoms. The highest BCUT2D eigenvalue weighted by Gasteiger charge is 2.46. The zero-order valence-electron chi connectivity index (χ0n) is 13.1. The average Bonchev–Trinajstić information content (AvgIpc) is 2.98. The van der Waals surface area contributed by atoms with Crippen LogP contribution in [-0.2, 0) is 9.53 Å². The first-order valence-electron chi connectivity index (χ1n) is 7.72. The highest BCUT2D eigenvalue weighted by molar-refractivity contribution is 5.97. The SMILES string of the molecule is C[C@@]1(C(=O)O)CCCN1C(=O)c1cnc(N2CCOCC2)nc1. The second kappa shape index (κ2) is 6.11. The quantitative estimate of drug-likeness (QED) is 0.860. The molecule has 8 heteroatoms. The molecule has 0 unspecified atom stereocenters. The van der Waals surface area contributed by atoms with Gasteiger partial charge in [-0.25, -0.2) is 14.8 Å². The molecule has 8 nitrogen and oxygen atoms in total. The molecule has 3 heterocycles. The lowest BCUT2D eigenvalue weighted by molar-refractivity contribution is -0.147. The number of anilines is 1. The number of carbonyl (C=O) groups excluding carboxylic acids is 1. The normalized spacial score (nSPS) is 24.7. The van der Waals surface area contributed by atoms with Gasteiger partial charge >= 0.3 is 5.97 Å². The topological polar surface area (TPSA) is 95.9 Å². The summed E-state index contributed by atoms with van der Waals surface area (Å²) in [4.78, 5) is 36.0. The van der Waals surface area contributed by atoms with Gasteiger partial charge < -0.3 is 19.6 Å². The molecule has 1 N–H and O–H groups in total. The minimum Gasteiger partial charge on any atom is -0.480 e. The van der Waals surface area contributed by atoms with Gasteiger partial charge in [-0.15, -0.1) is 0 Å². The van der Waals surface area contributed by atoms with Crippen LogP contribution in [-0.4, -0.2) is 70.2 Å². The van der Waals surface area contributed by atoms with Gasteiger partial charge in [0, 0.05) is 32.0 Å². The highest BCUT2D eigenvalue weighted by Crippen LogP contribution is 2.30. The Labute approximate surface area is 134 Å². The van der Waals surface area contributed by atoms with Gasteiger partial charge in [0.25, 0.3) is 5.91 Å². The second-order valence-electron chi connectivity index (χ2n) is 6.01. The van der Waals surface area contributed by atoms with Gasteiger partial charge in [0.05, 0.1) is 18.8 Å². The number of carbonyl (C=O) groups is 2. The number of rotatable bonds is 3. The summed E-state index contributed by atoms with van der Waals surface area (Å²) in [6, 6.07) is 0. The van der Waals surface area contributed by atoms with E-state index in [9.17, 15) is 14.7 Å². The summed E-state index contributed by atoms with van der Waals surface area (Å²) < 4.78 is 5.28. The molecular formula is C15H20N4O4. The minimum atomic E-state index is -1.15. The molecule has 2 aliphatic rings. The highest BCUT2D eigenvalue weighted by atomic mass is 16.5. The molecule has 1 aromatic heterocycles. The predicted molar refractivity (Wildman–Crippen MR) is 81.4 cm³/mol. The Hall–Kier alpha value is -2.22. The summed E-state index contributed by atoms with van der Waals surface area (Å²) in [5.41, 5.74) is -0.837. The monoisotopic (exact) mass is 320 g/mol. The lowest BCUT2D eigenvalue weighted by Crippen LogP contribution is -2.50. The van der Waals surface area contributed by atoms with Gasteiger partial charge in [-0.05, 0) is 19.8 Å². The number of likely N-dealkylation sites (tertiary alicyclic amines) is 1. The molecule has 3 rings (SSSR count). The minimum absolute atomic E-state index is 0.316. The van der Waals surface area contributed by atoms with Crippen LogP contribution in [0.15, 0.2) is 12.4 Å². The first kappa shape index (κ1) is 15.7. The molecular weight excluding hydrogens is 300 g/mol. The largest absolute Gasteiger partial charge is 0.480 e. The lowest BCUT2D eigenvalue weighted by Gasteiger charge is -2.31. The van der Waals surface area contributed by atoms with Crippen LogP contribution in [0, 0.1) is 0 Å². The Kier molecular flexibility index (Phi) is 4.16. The van der Waals surface area contributed by atoms with E-state index in [1.54, 1.807) is 6.92 Å². The fourth-order valence-electron chi connectivity index (χ4n) is 3.03. The number of aliphatic carboxylic acids is 1. The number of amides is 1. The van der Waals surface area contributed by atoms with E-state index in [0.717, 1.165) is 13.1 Å². The molecule has 0 saturated carbocycles. The number of hydrogen-bond acceptors (Lipinski definition) is 6. The number of aromatic nitrogens is 2. The Morgan fingerprint density at radius 3 is 2.48 bits per heavy atom. The van der Waals surface area contributed by atoms with Crippen LogP contribution < -0.4 is 4.90 Å². The summed E-state index contributed by atoms with van der Waals surface area (Å²) >= 11 is 0. The van der Waals surface area contributed by atoms with Crippen LogP contribution in [0.25, 0.3) is 0 Å². The number of ether oxygens (including phenoxy) is 1.